The SMILES string of the molecule is Cc1ccc(-n2nnc(C(=O)N[C@@H](C)CCc3ccccc3)c2C)cc1Cl. The molecule has 0 aliphatic heterocycles. The number of nitrogens with zero attached hydrogens (tertiary/aromatic N) is 3. The van der Waals surface area contributed by atoms with Crippen LogP contribution in [0.5, 0.6) is 0 Å². The molecule has 0 aliphatic carbocycles. The van der Waals surface area contributed by atoms with Crippen LogP contribution in [-0.4, -0.2) is 26.9 Å². The Morgan fingerprint density at radius 3 is 2.63 bits per heavy atom. The molecule has 0 aliphatic rings. The van der Waals surface area contributed by atoms with E-state index < -0.39 is 0 Å². The summed E-state index contributed by atoms with van der Waals surface area (Å²) >= 11 is 6.20. The van der Waals surface area contributed by atoms with Gasteiger partial charge in [0.25, 0.3) is 5.91 Å². The molecule has 1 heterocycles. The van der Waals surface area contributed by atoms with Crippen molar-refractivity contribution < 1.29 is 4.79 Å². The maximum atomic E-state index is 12.6. The highest BCUT2D eigenvalue weighted by atomic mass is 35.5. The van der Waals surface area contributed by atoms with Crippen molar-refractivity contribution in [1.82, 2.24) is 20.3 Å². The van der Waals surface area contributed by atoms with Gasteiger partial charge >= 0.3 is 0 Å². The highest BCUT2D eigenvalue weighted by molar-refractivity contribution is 6.31. The summed E-state index contributed by atoms with van der Waals surface area (Å²) in [6.45, 7) is 5.77. The summed E-state index contributed by atoms with van der Waals surface area (Å²) in [4.78, 5) is 12.6. The van der Waals surface area contributed by atoms with Gasteiger partial charge < -0.3 is 5.32 Å². The predicted molar refractivity (Wildman–Crippen MR) is 108 cm³/mol. The number of hydrogen-bond donors (Lipinski definition) is 1. The minimum absolute atomic E-state index is 0.0380. The van der Waals surface area contributed by atoms with Gasteiger partial charge in [-0.3, -0.25) is 4.79 Å². The van der Waals surface area contributed by atoms with Gasteiger partial charge in [0, 0.05) is 11.1 Å². The second-order valence-electron chi connectivity index (χ2n) is 6.77. The summed E-state index contributed by atoms with van der Waals surface area (Å²) in [6.07, 6.45) is 1.77. The Hall–Kier alpha value is -2.66. The molecule has 0 saturated carbocycles. The van der Waals surface area contributed by atoms with Crippen molar-refractivity contribution in [1.29, 1.82) is 0 Å². The lowest BCUT2D eigenvalue weighted by Crippen LogP contribution is -2.33. The molecule has 1 N–H and O–H groups in total. The van der Waals surface area contributed by atoms with Crippen LogP contribution in [0.25, 0.3) is 5.69 Å². The number of carbonyl (C=O) groups is 1. The summed E-state index contributed by atoms with van der Waals surface area (Å²) < 4.78 is 1.63. The fourth-order valence-electron chi connectivity index (χ4n) is 2.89. The van der Waals surface area contributed by atoms with Gasteiger partial charge in [-0.05, 0) is 56.9 Å². The van der Waals surface area contributed by atoms with Crippen molar-refractivity contribution in [2.75, 3.05) is 0 Å². The van der Waals surface area contributed by atoms with Crippen LogP contribution in [0.3, 0.4) is 0 Å². The monoisotopic (exact) mass is 382 g/mol. The van der Waals surface area contributed by atoms with Crippen LogP contribution in [0, 0.1) is 13.8 Å². The lowest BCUT2D eigenvalue weighted by atomic mass is 10.1. The Labute approximate surface area is 164 Å². The molecule has 0 unspecified atom stereocenters. The minimum Gasteiger partial charge on any atom is -0.348 e. The lowest BCUT2D eigenvalue weighted by Gasteiger charge is -2.13. The van der Waals surface area contributed by atoms with E-state index in [2.05, 4.69) is 27.8 Å². The number of aryl methyl sites for hydroxylation is 2. The number of amides is 1. The molecule has 1 amide bonds. The van der Waals surface area contributed by atoms with E-state index in [0.29, 0.717) is 16.4 Å². The Kier molecular flexibility index (Phi) is 5.91. The van der Waals surface area contributed by atoms with Gasteiger partial charge in [0.15, 0.2) is 5.69 Å². The largest absolute Gasteiger partial charge is 0.348 e. The average molecular weight is 383 g/mol. The number of benzene rings is 2. The van der Waals surface area contributed by atoms with Gasteiger partial charge in [0.1, 0.15) is 0 Å². The van der Waals surface area contributed by atoms with Crippen molar-refractivity contribution >= 4 is 17.5 Å². The molecule has 0 spiro atoms. The maximum absolute atomic E-state index is 12.6. The molecule has 3 aromatic rings. The molecule has 6 heteroatoms. The van der Waals surface area contributed by atoms with Crippen LogP contribution >= 0.6 is 11.6 Å². The first kappa shape index (κ1) is 19.1. The zero-order chi connectivity index (χ0) is 19.4. The van der Waals surface area contributed by atoms with Crippen molar-refractivity contribution in [3.63, 3.8) is 0 Å². The van der Waals surface area contributed by atoms with Gasteiger partial charge in [0.05, 0.1) is 11.4 Å². The van der Waals surface area contributed by atoms with Gasteiger partial charge in [0.2, 0.25) is 0 Å². The fourth-order valence-corrected chi connectivity index (χ4v) is 3.06. The topological polar surface area (TPSA) is 59.8 Å². The smallest absolute Gasteiger partial charge is 0.273 e. The summed E-state index contributed by atoms with van der Waals surface area (Å²) in [5.74, 6) is -0.211. The summed E-state index contributed by atoms with van der Waals surface area (Å²) in [7, 11) is 0. The number of halogens is 1. The lowest BCUT2D eigenvalue weighted by molar-refractivity contribution is 0.0932. The van der Waals surface area contributed by atoms with E-state index in [4.69, 9.17) is 11.6 Å². The van der Waals surface area contributed by atoms with Crippen molar-refractivity contribution in [3.8, 4) is 5.69 Å². The molecule has 1 aromatic heterocycles. The van der Waals surface area contributed by atoms with Gasteiger partial charge in [-0.2, -0.15) is 0 Å². The molecular formula is C21H23ClN4O. The highest BCUT2D eigenvalue weighted by Gasteiger charge is 2.19. The first-order chi connectivity index (χ1) is 13.0. The van der Waals surface area contributed by atoms with E-state index in [9.17, 15) is 4.79 Å². The van der Waals surface area contributed by atoms with Crippen molar-refractivity contribution in [2.24, 2.45) is 0 Å². The Morgan fingerprint density at radius 1 is 1.19 bits per heavy atom. The third kappa shape index (κ3) is 4.55. The number of hydrogen-bond acceptors (Lipinski definition) is 3. The van der Waals surface area contributed by atoms with E-state index in [-0.39, 0.29) is 11.9 Å². The maximum Gasteiger partial charge on any atom is 0.273 e. The van der Waals surface area contributed by atoms with E-state index in [1.807, 2.05) is 57.2 Å². The average Bonchev–Trinajstić information content (AvgIpc) is 3.05. The molecular weight excluding hydrogens is 360 g/mol. The molecule has 1 atom stereocenters. The molecule has 0 bridgehead atoms. The highest BCUT2D eigenvalue weighted by Crippen LogP contribution is 2.20. The van der Waals surface area contributed by atoms with Crippen LogP contribution < -0.4 is 5.32 Å². The molecule has 0 radical (unpaired) electrons. The number of aromatic nitrogens is 3. The molecule has 27 heavy (non-hydrogen) atoms. The van der Waals surface area contributed by atoms with Crippen LogP contribution in [0.2, 0.25) is 5.02 Å². The summed E-state index contributed by atoms with van der Waals surface area (Å²) in [6, 6.07) is 15.9. The summed E-state index contributed by atoms with van der Waals surface area (Å²) in [5, 5.41) is 11.9. The zero-order valence-corrected chi connectivity index (χ0v) is 16.5. The Balaban J connectivity index is 1.66. The molecule has 0 fully saturated rings. The predicted octanol–water partition coefficient (Wildman–Crippen LogP) is 4.29. The third-order valence-corrected chi connectivity index (χ3v) is 5.00. The third-order valence-electron chi connectivity index (χ3n) is 4.60. The van der Waals surface area contributed by atoms with Crippen LogP contribution in [0.15, 0.2) is 48.5 Å². The Morgan fingerprint density at radius 2 is 1.93 bits per heavy atom. The van der Waals surface area contributed by atoms with E-state index >= 15 is 0 Å². The summed E-state index contributed by atoms with van der Waals surface area (Å²) in [5.41, 5.74) is 4.05. The van der Waals surface area contributed by atoms with Gasteiger partial charge in [-0.1, -0.05) is 53.2 Å². The van der Waals surface area contributed by atoms with Gasteiger partial charge in [-0.15, -0.1) is 5.10 Å². The molecule has 3 rings (SSSR count). The van der Waals surface area contributed by atoms with E-state index in [1.54, 1.807) is 4.68 Å². The molecule has 140 valence electrons. The first-order valence-electron chi connectivity index (χ1n) is 8.99. The fraction of sp³-hybridized carbons (Fsp3) is 0.286. The quantitative estimate of drug-likeness (QED) is 0.691. The number of rotatable bonds is 6. The van der Waals surface area contributed by atoms with E-state index in [1.165, 1.54) is 5.56 Å². The first-order valence-corrected chi connectivity index (χ1v) is 9.37. The standard InChI is InChI=1S/C21H23ClN4O/c1-14-9-12-18(13-19(14)22)26-16(3)20(24-25-26)21(27)23-15(2)10-11-17-7-5-4-6-8-17/h4-9,12-13,15H,10-11H2,1-3H3,(H,23,27)/t15-/m0/s1. The van der Waals surface area contributed by atoms with Crippen molar-refractivity contribution in [2.45, 2.75) is 39.7 Å². The van der Waals surface area contributed by atoms with Crippen LogP contribution in [-0.2, 0) is 6.42 Å². The minimum atomic E-state index is -0.211. The normalized spacial score (nSPS) is 12.0. The number of nitrogens with one attached hydrogen (secondary N) is 1. The Bertz CT molecular complexity index is 937. The second kappa shape index (κ2) is 8.35. The molecule has 0 saturated heterocycles. The van der Waals surface area contributed by atoms with E-state index in [0.717, 1.165) is 24.1 Å². The second-order valence-corrected chi connectivity index (χ2v) is 7.17. The van der Waals surface area contributed by atoms with Crippen molar-refractivity contribution in [3.05, 3.63) is 76.1 Å². The number of carbonyl (C=O) groups excluding carboxylic acids is 1. The van der Waals surface area contributed by atoms with Gasteiger partial charge in [-0.25, -0.2) is 4.68 Å². The zero-order valence-electron chi connectivity index (χ0n) is 15.7. The van der Waals surface area contributed by atoms with Crippen LogP contribution in [0.1, 0.15) is 40.7 Å². The molecule has 5 nitrogen and oxygen atoms in total. The molecule has 2 aromatic carbocycles. The van der Waals surface area contributed by atoms with Crippen LogP contribution in [0.4, 0.5) is 0 Å².